The molecule has 0 bridgehead atoms. The smallest absolute Gasteiger partial charge is 0.251 e. The highest BCUT2D eigenvalue weighted by molar-refractivity contribution is 5.94. The lowest BCUT2D eigenvalue weighted by Gasteiger charge is -2.37. The molecule has 2 saturated heterocycles. The molecule has 220 valence electrons. The lowest BCUT2D eigenvalue weighted by molar-refractivity contribution is -0.00522. The second-order valence-corrected chi connectivity index (χ2v) is 12.5. The minimum absolute atomic E-state index is 0.0363. The highest BCUT2D eigenvalue weighted by Crippen LogP contribution is 2.34. The molecule has 0 spiro atoms. The van der Waals surface area contributed by atoms with Gasteiger partial charge in [-0.25, -0.2) is 4.39 Å². The van der Waals surface area contributed by atoms with Gasteiger partial charge in [-0.05, 0) is 127 Å². The third-order valence-corrected chi connectivity index (χ3v) is 9.38. The van der Waals surface area contributed by atoms with Gasteiger partial charge in [0.25, 0.3) is 5.91 Å². The van der Waals surface area contributed by atoms with E-state index in [-0.39, 0.29) is 30.0 Å². The van der Waals surface area contributed by atoms with Crippen LogP contribution in [0.2, 0.25) is 0 Å². The van der Waals surface area contributed by atoms with E-state index in [1.165, 1.54) is 25.3 Å². The fraction of sp³-hybridized carbons (Fsp3) is 0.576. The molecule has 3 aliphatic rings. The molecule has 3 aromatic rings. The highest BCUT2D eigenvalue weighted by atomic mass is 19.1. The number of piperidine rings is 1. The van der Waals surface area contributed by atoms with E-state index < -0.39 is 0 Å². The Labute approximate surface area is 242 Å². The Morgan fingerprint density at radius 2 is 1.68 bits per heavy atom. The molecule has 8 heteroatoms. The third kappa shape index (κ3) is 6.75. The highest BCUT2D eigenvalue weighted by Gasteiger charge is 2.28. The van der Waals surface area contributed by atoms with Crippen LogP contribution in [0.15, 0.2) is 47.0 Å². The average molecular weight is 563 g/mol. The molecule has 1 N–H and O–H groups in total. The van der Waals surface area contributed by atoms with Crippen molar-refractivity contribution in [2.45, 2.75) is 83.0 Å². The van der Waals surface area contributed by atoms with Gasteiger partial charge in [-0.2, -0.15) is 0 Å². The lowest BCUT2D eigenvalue weighted by Crippen LogP contribution is -2.45. The van der Waals surface area contributed by atoms with Crippen LogP contribution in [0.4, 0.5) is 10.1 Å². The van der Waals surface area contributed by atoms with Crippen molar-refractivity contribution >= 4 is 22.6 Å². The minimum Gasteiger partial charge on any atom is -0.372 e. The molecule has 6 rings (SSSR count). The summed E-state index contributed by atoms with van der Waals surface area (Å²) < 4.78 is 25.0. The molecule has 1 saturated carbocycles. The maximum atomic E-state index is 13.8. The minimum atomic E-state index is -0.240. The zero-order chi connectivity index (χ0) is 28.3. The van der Waals surface area contributed by atoms with Crippen LogP contribution in [0, 0.1) is 11.7 Å². The molecule has 7 nitrogen and oxygen atoms in total. The van der Waals surface area contributed by atoms with Crippen molar-refractivity contribution in [3.63, 3.8) is 0 Å². The van der Waals surface area contributed by atoms with Gasteiger partial charge >= 0.3 is 0 Å². The van der Waals surface area contributed by atoms with Gasteiger partial charge < -0.3 is 24.4 Å². The van der Waals surface area contributed by atoms with Crippen LogP contribution in [0.3, 0.4) is 0 Å². The summed E-state index contributed by atoms with van der Waals surface area (Å²) in [5.41, 5.74) is 3.46. The van der Waals surface area contributed by atoms with Gasteiger partial charge in [0.15, 0.2) is 5.58 Å². The number of morpholine rings is 1. The number of aromatic nitrogens is 1. The van der Waals surface area contributed by atoms with E-state index in [2.05, 4.69) is 46.3 Å². The van der Waals surface area contributed by atoms with E-state index in [0.29, 0.717) is 11.5 Å². The normalized spacial score (nSPS) is 26.4. The van der Waals surface area contributed by atoms with Crippen LogP contribution in [0.25, 0.3) is 11.0 Å². The number of ether oxygens (including phenoxy) is 1. The van der Waals surface area contributed by atoms with E-state index in [1.807, 2.05) is 12.1 Å². The molecule has 3 fully saturated rings. The first-order chi connectivity index (χ1) is 19.9. The summed E-state index contributed by atoms with van der Waals surface area (Å²) in [4.78, 5) is 17.8. The predicted octanol–water partition coefficient (Wildman–Crippen LogP) is 6.14. The first-order valence-electron chi connectivity index (χ1n) is 15.5. The van der Waals surface area contributed by atoms with E-state index in [0.717, 1.165) is 86.7 Å². The summed E-state index contributed by atoms with van der Waals surface area (Å²) >= 11 is 0. The van der Waals surface area contributed by atoms with Gasteiger partial charge in [0.2, 0.25) is 0 Å². The molecular weight excluding hydrogens is 519 g/mol. The van der Waals surface area contributed by atoms with Crippen molar-refractivity contribution in [1.29, 1.82) is 0 Å². The topological polar surface area (TPSA) is 70.8 Å². The fourth-order valence-electron chi connectivity index (χ4n) is 7.10. The quantitative estimate of drug-likeness (QED) is 0.373. The monoisotopic (exact) mass is 562 g/mol. The van der Waals surface area contributed by atoms with Crippen LogP contribution in [0.1, 0.15) is 80.8 Å². The summed E-state index contributed by atoms with van der Waals surface area (Å²) in [6.45, 7) is 9.17. The average Bonchev–Trinajstić information content (AvgIpc) is 3.40. The number of benzene rings is 2. The maximum absolute atomic E-state index is 13.8. The number of halogens is 1. The van der Waals surface area contributed by atoms with Gasteiger partial charge in [0.1, 0.15) is 5.82 Å². The Kier molecular flexibility index (Phi) is 8.58. The first kappa shape index (κ1) is 28.2. The molecule has 2 aromatic carbocycles. The van der Waals surface area contributed by atoms with Gasteiger partial charge in [0, 0.05) is 41.7 Å². The van der Waals surface area contributed by atoms with E-state index >= 15 is 0 Å². The molecule has 41 heavy (non-hydrogen) atoms. The van der Waals surface area contributed by atoms with Crippen LogP contribution in [-0.2, 0) is 4.74 Å². The Bertz CT molecular complexity index is 1300. The number of nitrogens with zero attached hydrogens (tertiary/aromatic N) is 3. The largest absolute Gasteiger partial charge is 0.372 e. The van der Waals surface area contributed by atoms with Crippen LogP contribution in [-0.4, -0.2) is 66.9 Å². The molecule has 1 aromatic heterocycles. The summed E-state index contributed by atoms with van der Waals surface area (Å²) in [5.74, 6) is 0.850. The van der Waals surface area contributed by atoms with Gasteiger partial charge in [-0.1, -0.05) is 5.16 Å². The molecule has 2 unspecified atom stereocenters. The number of hydrogen-bond acceptors (Lipinski definition) is 6. The standard InChI is InChI=1S/C33H43FN4O3/c1-22-20-38(21-23(2)40-22)29-10-5-26(6-11-29)33(39)35-28-8-3-24(4-9-28)13-16-37-17-14-25(15-18-37)32-30-19-27(34)7-12-31(30)41-36-32/h5-7,10-12,19,22-25,28H,3-4,8-9,13-18,20-21H2,1-2H3,(H,35,39). The van der Waals surface area contributed by atoms with Crippen molar-refractivity contribution in [3.05, 3.63) is 59.5 Å². The van der Waals surface area contributed by atoms with Gasteiger partial charge in [0.05, 0.1) is 17.9 Å². The molecule has 2 atom stereocenters. The fourth-order valence-corrected chi connectivity index (χ4v) is 7.10. The number of rotatable bonds is 7. The van der Waals surface area contributed by atoms with Crippen LogP contribution in [0.5, 0.6) is 0 Å². The number of carbonyl (C=O) groups excluding carboxylic acids is 1. The summed E-state index contributed by atoms with van der Waals surface area (Å²) in [6.07, 6.45) is 8.14. The first-order valence-corrected chi connectivity index (χ1v) is 15.5. The molecule has 0 radical (unpaired) electrons. The number of amides is 1. The van der Waals surface area contributed by atoms with Crippen molar-refractivity contribution in [2.24, 2.45) is 5.92 Å². The zero-order valence-corrected chi connectivity index (χ0v) is 24.4. The summed E-state index contributed by atoms with van der Waals surface area (Å²) in [5, 5.41) is 8.39. The van der Waals surface area contributed by atoms with E-state index in [4.69, 9.17) is 9.26 Å². The lowest BCUT2D eigenvalue weighted by atomic mass is 9.83. The number of hydrogen-bond donors (Lipinski definition) is 1. The van der Waals surface area contributed by atoms with Crippen molar-refractivity contribution in [1.82, 2.24) is 15.4 Å². The third-order valence-electron chi connectivity index (χ3n) is 9.38. The molecular formula is C33H43FN4O3. The Morgan fingerprint density at radius 1 is 0.976 bits per heavy atom. The second-order valence-electron chi connectivity index (χ2n) is 12.5. The molecule has 3 heterocycles. The number of nitrogens with one attached hydrogen (secondary N) is 1. The maximum Gasteiger partial charge on any atom is 0.251 e. The predicted molar refractivity (Wildman–Crippen MR) is 159 cm³/mol. The summed E-state index contributed by atoms with van der Waals surface area (Å²) in [6, 6.07) is 12.9. The SMILES string of the molecule is CC1CN(c2ccc(C(=O)NC3CCC(CCN4CCC(c5noc6ccc(F)cc56)CC4)CC3)cc2)CC(C)O1. The van der Waals surface area contributed by atoms with Crippen molar-refractivity contribution in [2.75, 3.05) is 37.6 Å². The van der Waals surface area contributed by atoms with Crippen LogP contribution >= 0.6 is 0 Å². The Balaban J connectivity index is 0.907. The van der Waals surface area contributed by atoms with Crippen LogP contribution < -0.4 is 10.2 Å². The zero-order valence-electron chi connectivity index (χ0n) is 24.4. The number of fused-ring (bicyclic) bond motifs is 1. The van der Waals surface area contributed by atoms with E-state index in [9.17, 15) is 9.18 Å². The number of carbonyl (C=O) groups is 1. The van der Waals surface area contributed by atoms with Crippen molar-refractivity contribution in [3.8, 4) is 0 Å². The van der Waals surface area contributed by atoms with Crippen molar-refractivity contribution < 1.29 is 18.4 Å². The molecule has 2 aliphatic heterocycles. The second kappa shape index (κ2) is 12.5. The van der Waals surface area contributed by atoms with E-state index in [1.54, 1.807) is 12.1 Å². The Hall–Kier alpha value is -2.97. The molecule has 1 aliphatic carbocycles. The van der Waals surface area contributed by atoms with Gasteiger partial charge in [-0.15, -0.1) is 0 Å². The molecule has 1 amide bonds. The Morgan fingerprint density at radius 3 is 2.39 bits per heavy atom. The number of anilines is 1. The summed E-state index contributed by atoms with van der Waals surface area (Å²) in [7, 11) is 0. The van der Waals surface area contributed by atoms with Gasteiger partial charge in [-0.3, -0.25) is 4.79 Å². The number of likely N-dealkylation sites (tertiary alicyclic amines) is 1.